The standard InChI is InChI=1S/C16H18FNS/c1-11-6-7-15(8-12(11)2)19-16(10-18)13-4-3-5-14(17)9-13/h3-9,16H,10,18H2,1-2H3. The van der Waals surface area contributed by atoms with Crippen molar-refractivity contribution >= 4 is 11.8 Å². The Morgan fingerprint density at radius 1 is 1.11 bits per heavy atom. The molecule has 3 heteroatoms. The van der Waals surface area contributed by atoms with E-state index in [9.17, 15) is 4.39 Å². The summed E-state index contributed by atoms with van der Waals surface area (Å²) in [6.45, 7) is 4.68. The molecule has 0 aliphatic heterocycles. The van der Waals surface area contributed by atoms with Gasteiger partial charge in [-0.3, -0.25) is 0 Å². The second-order valence-corrected chi connectivity index (χ2v) is 5.92. The molecule has 0 spiro atoms. The lowest BCUT2D eigenvalue weighted by Crippen LogP contribution is -2.09. The summed E-state index contributed by atoms with van der Waals surface area (Å²) in [5.74, 6) is -0.211. The van der Waals surface area contributed by atoms with E-state index < -0.39 is 0 Å². The molecule has 0 saturated heterocycles. The minimum Gasteiger partial charge on any atom is -0.329 e. The van der Waals surface area contributed by atoms with Crippen molar-refractivity contribution in [2.75, 3.05) is 6.54 Å². The van der Waals surface area contributed by atoms with Crippen molar-refractivity contribution < 1.29 is 4.39 Å². The molecule has 0 radical (unpaired) electrons. The van der Waals surface area contributed by atoms with Gasteiger partial charge >= 0.3 is 0 Å². The van der Waals surface area contributed by atoms with E-state index in [1.807, 2.05) is 6.07 Å². The van der Waals surface area contributed by atoms with Gasteiger partial charge < -0.3 is 5.73 Å². The molecule has 19 heavy (non-hydrogen) atoms. The fraction of sp³-hybridized carbons (Fsp3) is 0.250. The molecule has 0 saturated carbocycles. The van der Waals surface area contributed by atoms with Crippen LogP contribution in [-0.2, 0) is 0 Å². The fourth-order valence-electron chi connectivity index (χ4n) is 1.91. The van der Waals surface area contributed by atoms with Crippen LogP contribution in [0.5, 0.6) is 0 Å². The lowest BCUT2D eigenvalue weighted by Gasteiger charge is -2.15. The number of hydrogen-bond donors (Lipinski definition) is 1. The minimum absolute atomic E-state index is 0.0813. The highest BCUT2D eigenvalue weighted by atomic mass is 32.2. The first-order chi connectivity index (χ1) is 9.10. The fourth-order valence-corrected chi connectivity index (χ4v) is 3.01. The minimum atomic E-state index is -0.211. The van der Waals surface area contributed by atoms with Crippen LogP contribution in [0.3, 0.4) is 0 Å². The highest BCUT2D eigenvalue weighted by Crippen LogP contribution is 2.35. The molecule has 1 unspecified atom stereocenters. The smallest absolute Gasteiger partial charge is 0.123 e. The Morgan fingerprint density at radius 3 is 2.53 bits per heavy atom. The van der Waals surface area contributed by atoms with Crippen LogP contribution in [-0.4, -0.2) is 6.54 Å². The van der Waals surface area contributed by atoms with Crippen LogP contribution < -0.4 is 5.73 Å². The summed E-state index contributed by atoms with van der Waals surface area (Å²) < 4.78 is 13.3. The van der Waals surface area contributed by atoms with Crippen LogP contribution >= 0.6 is 11.8 Å². The number of thioether (sulfide) groups is 1. The maximum absolute atomic E-state index is 13.3. The molecule has 1 nitrogen and oxygen atoms in total. The summed E-state index contributed by atoms with van der Waals surface area (Å²) >= 11 is 1.68. The van der Waals surface area contributed by atoms with Gasteiger partial charge in [-0.05, 0) is 54.8 Å². The number of halogens is 1. The van der Waals surface area contributed by atoms with Crippen LogP contribution in [0.1, 0.15) is 21.9 Å². The summed E-state index contributed by atoms with van der Waals surface area (Å²) in [6, 6.07) is 13.0. The molecule has 2 rings (SSSR count). The molecule has 100 valence electrons. The number of nitrogens with two attached hydrogens (primary N) is 1. The van der Waals surface area contributed by atoms with E-state index in [-0.39, 0.29) is 11.1 Å². The summed E-state index contributed by atoms with van der Waals surface area (Å²) in [4.78, 5) is 1.17. The molecule has 0 heterocycles. The van der Waals surface area contributed by atoms with Crippen LogP contribution in [0, 0.1) is 19.7 Å². The van der Waals surface area contributed by atoms with Crippen molar-refractivity contribution in [1.82, 2.24) is 0 Å². The largest absolute Gasteiger partial charge is 0.329 e. The third-order valence-corrected chi connectivity index (χ3v) is 4.47. The predicted octanol–water partition coefficient (Wildman–Crippen LogP) is 4.23. The van der Waals surface area contributed by atoms with Gasteiger partial charge in [0.05, 0.1) is 0 Å². The average Bonchev–Trinajstić information content (AvgIpc) is 2.40. The molecule has 0 bridgehead atoms. The summed E-state index contributed by atoms with van der Waals surface area (Å²) in [5, 5.41) is 0.0813. The zero-order valence-corrected chi connectivity index (χ0v) is 12.0. The van der Waals surface area contributed by atoms with E-state index in [2.05, 4.69) is 32.0 Å². The van der Waals surface area contributed by atoms with E-state index in [0.29, 0.717) is 6.54 Å². The summed E-state index contributed by atoms with van der Waals surface area (Å²) in [5.41, 5.74) is 9.30. The number of hydrogen-bond acceptors (Lipinski definition) is 2. The lowest BCUT2D eigenvalue weighted by molar-refractivity contribution is 0.625. The van der Waals surface area contributed by atoms with Gasteiger partial charge in [-0.1, -0.05) is 18.2 Å². The maximum Gasteiger partial charge on any atom is 0.123 e. The van der Waals surface area contributed by atoms with E-state index in [4.69, 9.17) is 5.73 Å². The van der Waals surface area contributed by atoms with Gasteiger partial charge in [-0.25, -0.2) is 4.39 Å². The van der Waals surface area contributed by atoms with Crippen molar-refractivity contribution in [2.45, 2.75) is 24.0 Å². The predicted molar refractivity (Wildman–Crippen MR) is 80.0 cm³/mol. The third kappa shape index (κ3) is 3.58. The zero-order chi connectivity index (χ0) is 13.8. The zero-order valence-electron chi connectivity index (χ0n) is 11.2. The van der Waals surface area contributed by atoms with Crippen LogP contribution in [0.4, 0.5) is 4.39 Å². The van der Waals surface area contributed by atoms with Gasteiger partial charge in [-0.2, -0.15) is 0 Å². The molecule has 0 aliphatic carbocycles. The van der Waals surface area contributed by atoms with E-state index in [0.717, 1.165) is 5.56 Å². The van der Waals surface area contributed by atoms with Crippen LogP contribution in [0.25, 0.3) is 0 Å². The quantitative estimate of drug-likeness (QED) is 0.845. The molecule has 2 N–H and O–H groups in total. The Morgan fingerprint density at radius 2 is 1.89 bits per heavy atom. The monoisotopic (exact) mass is 275 g/mol. The van der Waals surface area contributed by atoms with Crippen molar-refractivity contribution in [1.29, 1.82) is 0 Å². The molecule has 1 atom stereocenters. The molecule has 0 amide bonds. The Labute approximate surface area is 118 Å². The Bertz CT molecular complexity index is 568. The van der Waals surface area contributed by atoms with E-state index in [1.165, 1.54) is 22.1 Å². The normalized spacial score (nSPS) is 12.4. The Kier molecular flexibility index (Phi) is 4.61. The van der Waals surface area contributed by atoms with Crippen molar-refractivity contribution in [3.63, 3.8) is 0 Å². The molecule has 0 aromatic heterocycles. The van der Waals surface area contributed by atoms with Crippen LogP contribution in [0.15, 0.2) is 47.4 Å². The number of benzene rings is 2. The van der Waals surface area contributed by atoms with Gasteiger partial charge in [0, 0.05) is 16.7 Å². The van der Waals surface area contributed by atoms with Crippen molar-refractivity contribution in [3.8, 4) is 0 Å². The van der Waals surface area contributed by atoms with Gasteiger partial charge in [0.1, 0.15) is 5.82 Å². The molecule has 0 fully saturated rings. The van der Waals surface area contributed by atoms with Crippen LogP contribution in [0.2, 0.25) is 0 Å². The Hall–Kier alpha value is -1.32. The van der Waals surface area contributed by atoms with E-state index in [1.54, 1.807) is 23.9 Å². The molecule has 2 aromatic carbocycles. The van der Waals surface area contributed by atoms with Crippen molar-refractivity contribution in [3.05, 3.63) is 65.0 Å². The van der Waals surface area contributed by atoms with Crippen molar-refractivity contribution in [2.24, 2.45) is 5.73 Å². The van der Waals surface area contributed by atoms with Gasteiger partial charge in [0.2, 0.25) is 0 Å². The molecule has 0 aliphatic rings. The SMILES string of the molecule is Cc1ccc(SC(CN)c2cccc(F)c2)cc1C. The van der Waals surface area contributed by atoms with Gasteiger partial charge in [0.15, 0.2) is 0 Å². The lowest BCUT2D eigenvalue weighted by atomic mass is 10.1. The second kappa shape index (κ2) is 6.22. The average molecular weight is 275 g/mol. The maximum atomic E-state index is 13.3. The Balaban J connectivity index is 2.21. The third-order valence-electron chi connectivity index (χ3n) is 3.19. The second-order valence-electron chi connectivity index (χ2n) is 4.64. The molecule has 2 aromatic rings. The summed E-state index contributed by atoms with van der Waals surface area (Å²) in [7, 11) is 0. The topological polar surface area (TPSA) is 26.0 Å². The highest BCUT2D eigenvalue weighted by Gasteiger charge is 2.12. The first-order valence-corrected chi connectivity index (χ1v) is 7.17. The molecular formula is C16H18FNS. The number of rotatable bonds is 4. The first kappa shape index (κ1) is 14.1. The first-order valence-electron chi connectivity index (χ1n) is 6.29. The van der Waals surface area contributed by atoms with E-state index >= 15 is 0 Å². The highest BCUT2D eigenvalue weighted by molar-refractivity contribution is 7.99. The molecular weight excluding hydrogens is 257 g/mol. The van der Waals surface area contributed by atoms with Gasteiger partial charge in [0.25, 0.3) is 0 Å². The summed E-state index contributed by atoms with van der Waals surface area (Å²) in [6.07, 6.45) is 0. The number of aryl methyl sites for hydroxylation is 2. The van der Waals surface area contributed by atoms with Gasteiger partial charge in [-0.15, -0.1) is 11.8 Å².